The van der Waals surface area contributed by atoms with Gasteiger partial charge < -0.3 is 19.6 Å². The number of para-hydroxylation sites is 1. The third-order valence-corrected chi connectivity index (χ3v) is 4.49. The van der Waals surface area contributed by atoms with E-state index in [2.05, 4.69) is 28.2 Å². The summed E-state index contributed by atoms with van der Waals surface area (Å²) >= 11 is 0. The van der Waals surface area contributed by atoms with E-state index in [0.717, 1.165) is 25.0 Å². The molecule has 0 spiro atoms. The second kappa shape index (κ2) is 9.08. The van der Waals surface area contributed by atoms with E-state index in [4.69, 9.17) is 9.47 Å². The summed E-state index contributed by atoms with van der Waals surface area (Å²) in [6.45, 7) is 4.18. The fourth-order valence-electron chi connectivity index (χ4n) is 3.18. The molecule has 2 heterocycles. The standard InChI is InChI=1S/C18H24N2O4.ClH/c1-2-23-18(22)24-17-12-20(10-8-16(17)21)9-7-13-11-19-15-6-4-3-5-14(13)15;/h3-6,11,16-17,19,21H,2,7-10,12H2,1H3;1H/t16-,17+;/m1./s1. The molecule has 0 radical (unpaired) electrons. The van der Waals surface area contributed by atoms with E-state index in [9.17, 15) is 9.90 Å². The van der Waals surface area contributed by atoms with Gasteiger partial charge in [-0.05, 0) is 31.4 Å². The van der Waals surface area contributed by atoms with Crippen LogP contribution in [-0.4, -0.2) is 59.6 Å². The third-order valence-electron chi connectivity index (χ3n) is 4.49. The molecule has 1 fully saturated rings. The Morgan fingerprint density at radius 3 is 3.00 bits per heavy atom. The van der Waals surface area contributed by atoms with E-state index in [0.29, 0.717) is 13.0 Å². The molecule has 0 amide bonds. The van der Waals surface area contributed by atoms with Crippen molar-refractivity contribution in [1.82, 2.24) is 9.88 Å². The fraction of sp³-hybridized carbons (Fsp3) is 0.500. The van der Waals surface area contributed by atoms with Gasteiger partial charge >= 0.3 is 6.16 Å². The van der Waals surface area contributed by atoms with Crippen molar-refractivity contribution < 1.29 is 19.4 Å². The quantitative estimate of drug-likeness (QED) is 0.794. The minimum absolute atomic E-state index is 0. The number of nitrogens with one attached hydrogen (secondary N) is 1. The molecule has 0 saturated carbocycles. The van der Waals surface area contributed by atoms with Crippen LogP contribution in [0.1, 0.15) is 18.9 Å². The first-order valence-corrected chi connectivity index (χ1v) is 8.46. The highest BCUT2D eigenvalue weighted by Crippen LogP contribution is 2.20. The highest BCUT2D eigenvalue weighted by Gasteiger charge is 2.31. The van der Waals surface area contributed by atoms with Gasteiger partial charge in [-0.3, -0.25) is 4.90 Å². The Hall–Kier alpha value is -1.76. The van der Waals surface area contributed by atoms with Crippen molar-refractivity contribution in [2.75, 3.05) is 26.2 Å². The van der Waals surface area contributed by atoms with Crippen LogP contribution in [0.3, 0.4) is 0 Å². The number of aromatic nitrogens is 1. The first-order valence-electron chi connectivity index (χ1n) is 8.46. The Bertz CT molecular complexity index is 691. The van der Waals surface area contributed by atoms with Crippen LogP contribution in [0.15, 0.2) is 30.5 Å². The van der Waals surface area contributed by atoms with Crippen molar-refractivity contribution in [2.24, 2.45) is 0 Å². The molecule has 0 unspecified atom stereocenters. The SMILES string of the molecule is CCOC(=O)O[C@H]1CN(CCc2c[nH]c3ccccc23)CC[C@H]1O.Cl. The molecule has 25 heavy (non-hydrogen) atoms. The van der Waals surface area contributed by atoms with Gasteiger partial charge in [0.1, 0.15) is 6.10 Å². The maximum Gasteiger partial charge on any atom is 0.508 e. The van der Waals surface area contributed by atoms with Gasteiger partial charge in [-0.25, -0.2) is 4.79 Å². The molecule has 1 aliphatic heterocycles. The molecule has 138 valence electrons. The summed E-state index contributed by atoms with van der Waals surface area (Å²) in [6, 6.07) is 8.25. The van der Waals surface area contributed by atoms with Gasteiger partial charge in [-0.1, -0.05) is 18.2 Å². The number of benzene rings is 1. The summed E-state index contributed by atoms with van der Waals surface area (Å²) in [5.41, 5.74) is 2.42. The van der Waals surface area contributed by atoms with Crippen LogP contribution in [0.2, 0.25) is 0 Å². The average molecular weight is 369 g/mol. The number of fused-ring (bicyclic) bond motifs is 1. The van der Waals surface area contributed by atoms with E-state index < -0.39 is 18.4 Å². The number of hydrogen-bond acceptors (Lipinski definition) is 5. The van der Waals surface area contributed by atoms with E-state index >= 15 is 0 Å². The highest BCUT2D eigenvalue weighted by molar-refractivity contribution is 5.85. The number of nitrogens with zero attached hydrogens (tertiary/aromatic N) is 1. The number of H-pyrrole nitrogens is 1. The van der Waals surface area contributed by atoms with Gasteiger partial charge in [0.05, 0.1) is 12.7 Å². The lowest BCUT2D eigenvalue weighted by molar-refractivity contribution is -0.0670. The van der Waals surface area contributed by atoms with Crippen LogP contribution >= 0.6 is 12.4 Å². The number of piperidine rings is 1. The summed E-state index contributed by atoms with van der Waals surface area (Å²) in [4.78, 5) is 17.0. The number of halogens is 1. The topological polar surface area (TPSA) is 74.8 Å². The van der Waals surface area contributed by atoms with Crippen molar-refractivity contribution in [3.05, 3.63) is 36.0 Å². The van der Waals surface area contributed by atoms with E-state index in [-0.39, 0.29) is 19.0 Å². The maximum absolute atomic E-state index is 11.5. The van der Waals surface area contributed by atoms with Crippen LogP contribution in [0, 0.1) is 0 Å². The number of likely N-dealkylation sites (tertiary alicyclic amines) is 1. The number of aromatic amines is 1. The number of carbonyl (C=O) groups is 1. The second-order valence-corrected chi connectivity index (χ2v) is 6.11. The number of rotatable bonds is 5. The lowest BCUT2D eigenvalue weighted by atomic mass is 10.0. The molecular formula is C18H25ClN2O4. The van der Waals surface area contributed by atoms with Crippen molar-refractivity contribution >= 4 is 29.5 Å². The smallest absolute Gasteiger partial charge is 0.435 e. The maximum atomic E-state index is 11.5. The number of aliphatic hydroxyl groups is 1. The van der Waals surface area contributed by atoms with Gasteiger partial charge in [-0.15, -0.1) is 12.4 Å². The molecular weight excluding hydrogens is 344 g/mol. The molecule has 2 atom stereocenters. The first kappa shape index (κ1) is 19.6. The van der Waals surface area contributed by atoms with E-state index in [1.807, 2.05) is 12.1 Å². The van der Waals surface area contributed by atoms with Gasteiger partial charge in [0.15, 0.2) is 0 Å². The second-order valence-electron chi connectivity index (χ2n) is 6.11. The molecule has 1 aromatic carbocycles. The molecule has 1 aliphatic rings. The lowest BCUT2D eigenvalue weighted by Gasteiger charge is -2.35. The van der Waals surface area contributed by atoms with Crippen molar-refractivity contribution in [2.45, 2.75) is 32.0 Å². The highest BCUT2D eigenvalue weighted by atomic mass is 35.5. The minimum Gasteiger partial charge on any atom is -0.435 e. The van der Waals surface area contributed by atoms with Crippen molar-refractivity contribution in [3.63, 3.8) is 0 Å². The molecule has 1 saturated heterocycles. The fourth-order valence-corrected chi connectivity index (χ4v) is 3.18. The summed E-state index contributed by atoms with van der Waals surface area (Å²) in [6.07, 6.45) is 1.69. The van der Waals surface area contributed by atoms with Crippen LogP contribution in [0.25, 0.3) is 10.9 Å². The Balaban J connectivity index is 0.00000225. The van der Waals surface area contributed by atoms with Gasteiger partial charge in [-0.2, -0.15) is 0 Å². The van der Waals surface area contributed by atoms with E-state index in [1.54, 1.807) is 6.92 Å². The number of carbonyl (C=O) groups excluding carboxylic acids is 1. The van der Waals surface area contributed by atoms with Crippen molar-refractivity contribution in [3.8, 4) is 0 Å². The van der Waals surface area contributed by atoms with E-state index in [1.165, 1.54) is 10.9 Å². The number of hydrogen-bond donors (Lipinski definition) is 2. The summed E-state index contributed by atoms with van der Waals surface area (Å²) in [7, 11) is 0. The largest absolute Gasteiger partial charge is 0.508 e. The summed E-state index contributed by atoms with van der Waals surface area (Å²) < 4.78 is 10.0. The van der Waals surface area contributed by atoms with Crippen LogP contribution < -0.4 is 0 Å². The third kappa shape index (κ3) is 4.87. The predicted octanol–water partition coefficient (Wildman–Crippen LogP) is 2.74. The Labute approximate surface area is 153 Å². The van der Waals surface area contributed by atoms with Gasteiger partial charge in [0.25, 0.3) is 0 Å². The predicted molar refractivity (Wildman–Crippen MR) is 98.2 cm³/mol. The molecule has 0 bridgehead atoms. The van der Waals surface area contributed by atoms with Crippen LogP contribution in [0.4, 0.5) is 4.79 Å². The monoisotopic (exact) mass is 368 g/mol. The zero-order valence-corrected chi connectivity index (χ0v) is 15.1. The average Bonchev–Trinajstić information content (AvgIpc) is 2.99. The molecule has 3 rings (SSSR count). The Morgan fingerprint density at radius 1 is 1.40 bits per heavy atom. The number of aliphatic hydroxyl groups excluding tert-OH is 1. The van der Waals surface area contributed by atoms with Crippen molar-refractivity contribution in [1.29, 1.82) is 0 Å². The molecule has 7 heteroatoms. The Kier molecular flexibility index (Phi) is 7.11. The van der Waals surface area contributed by atoms with Crippen LogP contribution in [0.5, 0.6) is 0 Å². The minimum atomic E-state index is -0.708. The normalized spacial score (nSPS) is 20.9. The zero-order chi connectivity index (χ0) is 16.9. The molecule has 2 N–H and O–H groups in total. The van der Waals surface area contributed by atoms with Crippen LogP contribution in [-0.2, 0) is 15.9 Å². The van der Waals surface area contributed by atoms with Gasteiger partial charge in [0.2, 0.25) is 0 Å². The number of ether oxygens (including phenoxy) is 2. The molecule has 0 aliphatic carbocycles. The summed E-state index contributed by atoms with van der Waals surface area (Å²) in [5.74, 6) is 0. The molecule has 2 aromatic rings. The first-order chi connectivity index (χ1) is 11.7. The lowest BCUT2D eigenvalue weighted by Crippen LogP contribution is -2.49. The summed E-state index contributed by atoms with van der Waals surface area (Å²) in [5, 5.41) is 11.3. The molecule has 6 nitrogen and oxygen atoms in total. The van der Waals surface area contributed by atoms with Gasteiger partial charge in [0, 0.05) is 36.7 Å². The molecule has 1 aromatic heterocycles. The zero-order valence-electron chi connectivity index (χ0n) is 14.3. The Morgan fingerprint density at radius 2 is 2.20 bits per heavy atom.